The summed E-state index contributed by atoms with van der Waals surface area (Å²) in [5.74, 6) is 1.52. The van der Waals surface area contributed by atoms with Crippen molar-refractivity contribution < 1.29 is 9.84 Å². The highest BCUT2D eigenvalue weighted by molar-refractivity contribution is 5.41. The second kappa shape index (κ2) is 6.15. The molecule has 1 aliphatic rings. The number of fused-ring (bicyclic) bond motifs is 1. The molecule has 2 unspecified atom stereocenters. The highest BCUT2D eigenvalue weighted by atomic mass is 16.5. The quantitative estimate of drug-likeness (QED) is 0.840. The number of nitrogens with one attached hydrogen (secondary N) is 1. The fraction of sp³-hybridized carbons (Fsp3) is 0.647. The number of benzene rings is 1. The molecule has 0 saturated heterocycles. The van der Waals surface area contributed by atoms with E-state index in [2.05, 4.69) is 44.3 Å². The van der Waals surface area contributed by atoms with Gasteiger partial charge in [-0.1, -0.05) is 19.1 Å². The molecular formula is C17H27NO2. The van der Waals surface area contributed by atoms with Crippen molar-refractivity contribution in [2.75, 3.05) is 6.54 Å². The van der Waals surface area contributed by atoms with Crippen molar-refractivity contribution in [2.24, 2.45) is 5.92 Å². The summed E-state index contributed by atoms with van der Waals surface area (Å²) in [5, 5.41) is 12.8. The highest BCUT2D eigenvalue weighted by Gasteiger charge is 2.29. The summed E-state index contributed by atoms with van der Waals surface area (Å²) >= 11 is 0. The van der Waals surface area contributed by atoms with Gasteiger partial charge in [-0.3, -0.25) is 0 Å². The van der Waals surface area contributed by atoms with Crippen molar-refractivity contribution in [3.63, 3.8) is 0 Å². The van der Waals surface area contributed by atoms with Gasteiger partial charge >= 0.3 is 0 Å². The Morgan fingerprint density at radius 1 is 1.35 bits per heavy atom. The molecule has 20 heavy (non-hydrogen) atoms. The van der Waals surface area contributed by atoms with Crippen LogP contribution in [0.2, 0.25) is 0 Å². The average Bonchev–Trinajstić information content (AvgIpc) is 2.61. The Labute approximate surface area is 122 Å². The van der Waals surface area contributed by atoms with Crippen LogP contribution in [0.25, 0.3) is 0 Å². The summed E-state index contributed by atoms with van der Waals surface area (Å²) in [4.78, 5) is 0. The Balaban J connectivity index is 1.84. The molecule has 0 fully saturated rings. The second-order valence-corrected chi connectivity index (χ2v) is 6.80. The van der Waals surface area contributed by atoms with E-state index in [1.807, 2.05) is 6.92 Å². The predicted octanol–water partition coefficient (Wildman–Crippen LogP) is 2.90. The second-order valence-electron chi connectivity index (χ2n) is 6.80. The number of hydrogen-bond donors (Lipinski definition) is 2. The van der Waals surface area contributed by atoms with E-state index in [9.17, 15) is 5.11 Å². The van der Waals surface area contributed by atoms with Crippen LogP contribution in [0.3, 0.4) is 0 Å². The van der Waals surface area contributed by atoms with Gasteiger partial charge in [-0.15, -0.1) is 0 Å². The van der Waals surface area contributed by atoms with Gasteiger partial charge < -0.3 is 15.2 Å². The molecule has 0 spiro atoms. The topological polar surface area (TPSA) is 41.5 Å². The molecule has 1 aromatic rings. The first-order valence-electron chi connectivity index (χ1n) is 7.55. The standard InChI is InChI=1S/C17H27NO2/c1-12(7-13(2)19)10-18-11-14-5-6-16-15(8-14)9-17(3,4)20-16/h5-6,8,12-13,18-19H,7,9-11H2,1-4H3. The van der Waals surface area contributed by atoms with Gasteiger partial charge in [0.1, 0.15) is 11.4 Å². The molecule has 2 rings (SSSR count). The number of aliphatic hydroxyl groups is 1. The zero-order valence-corrected chi connectivity index (χ0v) is 13.1. The minimum Gasteiger partial charge on any atom is -0.487 e. The highest BCUT2D eigenvalue weighted by Crippen LogP contribution is 2.35. The van der Waals surface area contributed by atoms with E-state index in [0.29, 0.717) is 5.92 Å². The third kappa shape index (κ3) is 4.22. The van der Waals surface area contributed by atoms with Crippen molar-refractivity contribution in [1.82, 2.24) is 5.32 Å². The molecule has 0 aromatic heterocycles. The van der Waals surface area contributed by atoms with E-state index in [-0.39, 0.29) is 11.7 Å². The van der Waals surface area contributed by atoms with Gasteiger partial charge in [-0.05, 0) is 56.8 Å². The molecule has 1 aliphatic heterocycles. The van der Waals surface area contributed by atoms with Crippen LogP contribution >= 0.6 is 0 Å². The zero-order valence-electron chi connectivity index (χ0n) is 13.1. The maximum atomic E-state index is 9.35. The zero-order chi connectivity index (χ0) is 14.8. The van der Waals surface area contributed by atoms with Gasteiger partial charge in [0.2, 0.25) is 0 Å². The van der Waals surface area contributed by atoms with Crippen molar-refractivity contribution in [3.8, 4) is 5.75 Å². The Kier molecular flexibility index (Phi) is 4.71. The Morgan fingerprint density at radius 3 is 2.80 bits per heavy atom. The maximum absolute atomic E-state index is 9.35. The number of ether oxygens (including phenoxy) is 1. The van der Waals surface area contributed by atoms with E-state index in [1.165, 1.54) is 11.1 Å². The van der Waals surface area contributed by atoms with Crippen LogP contribution in [0.1, 0.15) is 45.2 Å². The van der Waals surface area contributed by atoms with E-state index in [4.69, 9.17) is 4.74 Å². The van der Waals surface area contributed by atoms with Gasteiger partial charge in [-0.25, -0.2) is 0 Å². The summed E-state index contributed by atoms with van der Waals surface area (Å²) in [5.41, 5.74) is 2.54. The molecule has 2 N–H and O–H groups in total. The monoisotopic (exact) mass is 277 g/mol. The van der Waals surface area contributed by atoms with Crippen LogP contribution in [-0.2, 0) is 13.0 Å². The predicted molar refractivity (Wildman–Crippen MR) is 82.0 cm³/mol. The summed E-state index contributed by atoms with van der Waals surface area (Å²) in [7, 11) is 0. The summed E-state index contributed by atoms with van der Waals surface area (Å²) < 4.78 is 5.89. The fourth-order valence-electron chi connectivity index (χ4n) is 2.90. The molecule has 0 saturated carbocycles. The molecule has 0 bridgehead atoms. The molecule has 112 valence electrons. The van der Waals surface area contributed by atoms with E-state index >= 15 is 0 Å². The van der Waals surface area contributed by atoms with Crippen LogP contribution in [0.15, 0.2) is 18.2 Å². The molecule has 0 aliphatic carbocycles. The van der Waals surface area contributed by atoms with E-state index in [1.54, 1.807) is 0 Å². The van der Waals surface area contributed by atoms with Gasteiger partial charge in [0.25, 0.3) is 0 Å². The van der Waals surface area contributed by atoms with Crippen LogP contribution < -0.4 is 10.1 Å². The molecule has 3 nitrogen and oxygen atoms in total. The summed E-state index contributed by atoms with van der Waals surface area (Å²) in [6, 6.07) is 6.46. The minimum absolute atomic E-state index is 0.0693. The lowest BCUT2D eigenvalue weighted by Crippen LogP contribution is -2.24. The average molecular weight is 277 g/mol. The smallest absolute Gasteiger partial charge is 0.123 e. The molecular weight excluding hydrogens is 250 g/mol. The van der Waals surface area contributed by atoms with Crippen molar-refractivity contribution >= 4 is 0 Å². The Hall–Kier alpha value is -1.06. The van der Waals surface area contributed by atoms with Gasteiger partial charge in [0, 0.05) is 13.0 Å². The lowest BCUT2D eigenvalue weighted by molar-refractivity contribution is 0.138. The molecule has 3 heteroatoms. The third-order valence-corrected chi connectivity index (χ3v) is 3.69. The van der Waals surface area contributed by atoms with Crippen LogP contribution in [0.5, 0.6) is 5.75 Å². The van der Waals surface area contributed by atoms with Crippen molar-refractivity contribution in [3.05, 3.63) is 29.3 Å². The molecule has 0 amide bonds. The van der Waals surface area contributed by atoms with E-state index in [0.717, 1.165) is 31.7 Å². The first kappa shape index (κ1) is 15.3. The van der Waals surface area contributed by atoms with Gasteiger partial charge in [0.15, 0.2) is 0 Å². The normalized spacial score (nSPS) is 19.2. The number of rotatable bonds is 6. The maximum Gasteiger partial charge on any atom is 0.123 e. The minimum atomic E-state index is -0.217. The first-order valence-corrected chi connectivity index (χ1v) is 7.55. The molecule has 1 heterocycles. The number of hydrogen-bond acceptors (Lipinski definition) is 3. The third-order valence-electron chi connectivity index (χ3n) is 3.69. The lowest BCUT2D eigenvalue weighted by Gasteiger charge is -2.16. The SMILES string of the molecule is CC(O)CC(C)CNCc1ccc2c(c1)CC(C)(C)O2. The van der Waals surface area contributed by atoms with E-state index < -0.39 is 0 Å². The summed E-state index contributed by atoms with van der Waals surface area (Å²) in [6.07, 6.45) is 1.61. The van der Waals surface area contributed by atoms with Crippen LogP contribution in [-0.4, -0.2) is 23.4 Å². The molecule has 1 aromatic carbocycles. The molecule has 2 atom stereocenters. The number of aliphatic hydroxyl groups excluding tert-OH is 1. The lowest BCUT2D eigenvalue weighted by atomic mass is 10.00. The van der Waals surface area contributed by atoms with Crippen molar-refractivity contribution in [1.29, 1.82) is 0 Å². The van der Waals surface area contributed by atoms with Crippen LogP contribution in [0, 0.1) is 5.92 Å². The van der Waals surface area contributed by atoms with Crippen molar-refractivity contribution in [2.45, 2.75) is 58.8 Å². The van der Waals surface area contributed by atoms with Crippen LogP contribution in [0.4, 0.5) is 0 Å². The Morgan fingerprint density at radius 2 is 2.10 bits per heavy atom. The van der Waals surface area contributed by atoms with Gasteiger partial charge in [-0.2, -0.15) is 0 Å². The molecule has 0 radical (unpaired) electrons. The summed E-state index contributed by atoms with van der Waals surface area (Å²) in [6.45, 7) is 10.1. The fourth-order valence-corrected chi connectivity index (χ4v) is 2.90. The first-order chi connectivity index (χ1) is 9.35. The van der Waals surface area contributed by atoms with Gasteiger partial charge in [0.05, 0.1) is 6.10 Å². The largest absolute Gasteiger partial charge is 0.487 e. The Bertz CT molecular complexity index is 454.